The minimum atomic E-state index is -3.12. The third-order valence-corrected chi connectivity index (χ3v) is 5.47. The van der Waals surface area contributed by atoms with E-state index in [-0.39, 0.29) is 17.8 Å². The van der Waals surface area contributed by atoms with Gasteiger partial charge in [0.2, 0.25) is 10.0 Å². The Hall–Kier alpha value is -0.980. The van der Waals surface area contributed by atoms with Crippen LogP contribution in [0.4, 0.5) is 4.39 Å². The average Bonchev–Trinajstić information content (AvgIpc) is 2.45. The van der Waals surface area contributed by atoms with Crippen molar-refractivity contribution in [2.24, 2.45) is 5.92 Å². The molecule has 2 atom stereocenters. The molecule has 1 aliphatic heterocycles. The van der Waals surface area contributed by atoms with E-state index in [1.165, 1.54) is 12.3 Å². The average molecular weight is 314 g/mol. The number of sulfonamides is 1. The largest absolute Gasteiger partial charge is 0.309 e. The van der Waals surface area contributed by atoms with Gasteiger partial charge in [0, 0.05) is 31.2 Å². The fraction of sp³-hybridized carbons (Fsp3) is 0.600. The van der Waals surface area contributed by atoms with Crippen molar-refractivity contribution in [3.63, 3.8) is 0 Å². The molecule has 0 unspecified atom stereocenters. The number of hydrogen-bond donors (Lipinski definition) is 1. The van der Waals surface area contributed by atoms with Crippen molar-refractivity contribution in [1.29, 1.82) is 0 Å². The van der Waals surface area contributed by atoms with E-state index < -0.39 is 10.0 Å². The molecule has 2 rings (SSSR count). The SMILES string of the molecule is CC[C@H]1CN(S(C)(=O)=O)CC[C@@H]1NCc1ccccc1F. The topological polar surface area (TPSA) is 49.4 Å². The van der Waals surface area contributed by atoms with Gasteiger partial charge in [0.15, 0.2) is 0 Å². The summed E-state index contributed by atoms with van der Waals surface area (Å²) in [7, 11) is -3.12. The van der Waals surface area contributed by atoms with Crippen LogP contribution >= 0.6 is 0 Å². The second kappa shape index (κ2) is 6.85. The molecule has 1 saturated heterocycles. The Morgan fingerprint density at radius 1 is 1.38 bits per heavy atom. The van der Waals surface area contributed by atoms with Crippen LogP contribution < -0.4 is 5.32 Å². The van der Waals surface area contributed by atoms with Crippen LogP contribution in [-0.2, 0) is 16.6 Å². The van der Waals surface area contributed by atoms with Crippen molar-refractivity contribution >= 4 is 10.0 Å². The summed E-state index contributed by atoms with van der Waals surface area (Å²) in [6.45, 7) is 3.62. The van der Waals surface area contributed by atoms with E-state index in [2.05, 4.69) is 12.2 Å². The van der Waals surface area contributed by atoms with Crippen LogP contribution in [0.1, 0.15) is 25.3 Å². The van der Waals surface area contributed by atoms with Crippen molar-refractivity contribution in [3.05, 3.63) is 35.6 Å². The highest BCUT2D eigenvalue weighted by Crippen LogP contribution is 2.22. The first-order chi connectivity index (χ1) is 9.91. The molecule has 1 fully saturated rings. The Kier molecular flexibility index (Phi) is 5.35. The van der Waals surface area contributed by atoms with E-state index >= 15 is 0 Å². The molecule has 0 radical (unpaired) electrons. The van der Waals surface area contributed by atoms with E-state index in [0.717, 1.165) is 12.8 Å². The van der Waals surface area contributed by atoms with Crippen molar-refractivity contribution in [2.75, 3.05) is 19.3 Å². The molecule has 0 aromatic heterocycles. The first kappa shape index (κ1) is 16.4. The van der Waals surface area contributed by atoms with E-state index in [4.69, 9.17) is 0 Å². The standard InChI is InChI=1S/C15H23FN2O2S/c1-3-12-11-18(21(2,19)20)9-8-15(12)17-10-13-6-4-5-7-14(13)16/h4-7,12,15,17H,3,8-11H2,1-2H3/t12-,15-/m0/s1. The molecule has 0 spiro atoms. The summed E-state index contributed by atoms with van der Waals surface area (Å²) >= 11 is 0. The Morgan fingerprint density at radius 2 is 2.10 bits per heavy atom. The monoisotopic (exact) mass is 314 g/mol. The van der Waals surface area contributed by atoms with Crippen LogP contribution in [0.15, 0.2) is 24.3 Å². The Balaban J connectivity index is 1.97. The highest BCUT2D eigenvalue weighted by Gasteiger charge is 2.31. The zero-order valence-corrected chi connectivity index (χ0v) is 13.4. The van der Waals surface area contributed by atoms with Crippen molar-refractivity contribution in [1.82, 2.24) is 9.62 Å². The first-order valence-electron chi connectivity index (χ1n) is 7.33. The minimum absolute atomic E-state index is 0.202. The van der Waals surface area contributed by atoms with Crippen LogP contribution in [0, 0.1) is 11.7 Å². The summed E-state index contributed by atoms with van der Waals surface area (Å²) in [4.78, 5) is 0. The second-order valence-corrected chi connectivity index (χ2v) is 7.64. The molecule has 1 aromatic rings. The fourth-order valence-electron chi connectivity index (χ4n) is 2.87. The van der Waals surface area contributed by atoms with E-state index in [9.17, 15) is 12.8 Å². The Labute approximate surface area is 126 Å². The lowest BCUT2D eigenvalue weighted by Crippen LogP contribution is -2.50. The molecule has 0 amide bonds. The second-order valence-electron chi connectivity index (χ2n) is 5.66. The predicted octanol–water partition coefficient (Wildman–Crippen LogP) is 1.98. The summed E-state index contributed by atoms with van der Waals surface area (Å²) in [5.74, 6) is 0.0619. The van der Waals surface area contributed by atoms with Crippen molar-refractivity contribution < 1.29 is 12.8 Å². The molecule has 1 aromatic carbocycles. The smallest absolute Gasteiger partial charge is 0.211 e. The van der Waals surface area contributed by atoms with Crippen LogP contribution in [0.2, 0.25) is 0 Å². The predicted molar refractivity (Wildman–Crippen MR) is 81.8 cm³/mol. The number of rotatable bonds is 5. The molecular formula is C15H23FN2O2S. The molecule has 0 aliphatic carbocycles. The Bertz CT molecular complexity index is 577. The molecule has 1 heterocycles. The van der Waals surface area contributed by atoms with Crippen LogP contribution in [0.3, 0.4) is 0 Å². The number of benzene rings is 1. The Morgan fingerprint density at radius 3 is 2.71 bits per heavy atom. The van der Waals surface area contributed by atoms with E-state index in [1.54, 1.807) is 16.4 Å². The highest BCUT2D eigenvalue weighted by molar-refractivity contribution is 7.88. The molecule has 1 N–H and O–H groups in total. The minimum Gasteiger partial charge on any atom is -0.309 e. The molecule has 4 nitrogen and oxygen atoms in total. The van der Waals surface area contributed by atoms with Gasteiger partial charge in [-0.1, -0.05) is 31.5 Å². The first-order valence-corrected chi connectivity index (χ1v) is 9.18. The maximum absolute atomic E-state index is 13.6. The third kappa shape index (κ3) is 4.25. The van der Waals surface area contributed by atoms with Crippen LogP contribution in [-0.4, -0.2) is 38.1 Å². The summed E-state index contributed by atoms with van der Waals surface area (Å²) in [6, 6.07) is 6.96. The fourth-order valence-corrected chi connectivity index (χ4v) is 3.76. The van der Waals surface area contributed by atoms with E-state index in [0.29, 0.717) is 25.2 Å². The molecule has 118 valence electrons. The number of hydrogen-bond acceptors (Lipinski definition) is 3. The molecular weight excluding hydrogens is 291 g/mol. The molecule has 21 heavy (non-hydrogen) atoms. The number of halogens is 1. The third-order valence-electron chi connectivity index (χ3n) is 4.20. The van der Waals surface area contributed by atoms with Gasteiger partial charge in [0.1, 0.15) is 5.82 Å². The maximum atomic E-state index is 13.6. The van der Waals surface area contributed by atoms with Gasteiger partial charge in [-0.25, -0.2) is 17.1 Å². The van der Waals surface area contributed by atoms with Gasteiger partial charge in [0.25, 0.3) is 0 Å². The van der Waals surface area contributed by atoms with Crippen LogP contribution in [0.5, 0.6) is 0 Å². The summed E-state index contributed by atoms with van der Waals surface area (Å²) in [5, 5.41) is 3.39. The molecule has 0 saturated carbocycles. The molecule has 1 aliphatic rings. The van der Waals surface area contributed by atoms with Gasteiger partial charge in [-0.05, 0) is 18.4 Å². The van der Waals surface area contributed by atoms with E-state index in [1.807, 2.05) is 6.07 Å². The molecule has 6 heteroatoms. The summed E-state index contributed by atoms with van der Waals surface area (Å²) in [6.07, 6.45) is 2.92. The maximum Gasteiger partial charge on any atom is 0.211 e. The summed E-state index contributed by atoms with van der Waals surface area (Å²) in [5.41, 5.74) is 0.651. The lowest BCUT2D eigenvalue weighted by molar-refractivity contribution is 0.201. The van der Waals surface area contributed by atoms with Gasteiger partial charge < -0.3 is 5.32 Å². The normalized spacial score (nSPS) is 24.1. The van der Waals surface area contributed by atoms with Crippen LogP contribution in [0.25, 0.3) is 0 Å². The quantitative estimate of drug-likeness (QED) is 0.904. The number of nitrogens with zero attached hydrogens (tertiary/aromatic N) is 1. The zero-order valence-electron chi connectivity index (χ0n) is 12.5. The number of nitrogens with one attached hydrogen (secondary N) is 1. The zero-order chi connectivity index (χ0) is 15.5. The number of piperidine rings is 1. The lowest BCUT2D eigenvalue weighted by atomic mass is 9.91. The lowest BCUT2D eigenvalue weighted by Gasteiger charge is -2.37. The van der Waals surface area contributed by atoms with Gasteiger partial charge in [-0.15, -0.1) is 0 Å². The summed E-state index contributed by atoms with van der Waals surface area (Å²) < 4.78 is 38.4. The van der Waals surface area contributed by atoms with Gasteiger partial charge in [-0.2, -0.15) is 0 Å². The van der Waals surface area contributed by atoms with Crippen molar-refractivity contribution in [2.45, 2.75) is 32.4 Å². The van der Waals surface area contributed by atoms with Gasteiger partial charge >= 0.3 is 0 Å². The highest BCUT2D eigenvalue weighted by atomic mass is 32.2. The molecule has 0 bridgehead atoms. The van der Waals surface area contributed by atoms with Crippen molar-refractivity contribution in [3.8, 4) is 0 Å². The van der Waals surface area contributed by atoms with Gasteiger partial charge in [0.05, 0.1) is 6.26 Å². The van der Waals surface area contributed by atoms with Gasteiger partial charge in [-0.3, -0.25) is 0 Å².